The number of rotatable bonds is 7. The van der Waals surface area contributed by atoms with Gasteiger partial charge in [-0.15, -0.1) is 0 Å². The second-order valence-electron chi connectivity index (χ2n) is 5.72. The molecule has 7 nitrogen and oxygen atoms in total. The highest BCUT2D eigenvalue weighted by atomic mass is 16.5. The molecule has 0 saturated carbocycles. The van der Waals surface area contributed by atoms with E-state index < -0.39 is 11.9 Å². The Bertz CT molecular complexity index is 962. The number of carboxylic acid groups (broad SMARTS) is 1. The number of benzene rings is 2. The normalized spacial score (nSPS) is 10.4. The minimum Gasteiger partial charge on any atom is -0.497 e. The lowest BCUT2D eigenvalue weighted by molar-refractivity contribution is 0.0683. The lowest BCUT2D eigenvalue weighted by Crippen LogP contribution is -2.18. The number of nitrogens with zero attached hydrogens (tertiary/aromatic N) is 1. The molecular formula is C20H18N2O5. The molecule has 0 aliphatic heterocycles. The van der Waals surface area contributed by atoms with Gasteiger partial charge in [0, 0.05) is 11.8 Å². The van der Waals surface area contributed by atoms with Crippen molar-refractivity contribution < 1.29 is 24.2 Å². The van der Waals surface area contributed by atoms with Gasteiger partial charge in [0.1, 0.15) is 18.1 Å². The van der Waals surface area contributed by atoms with E-state index >= 15 is 0 Å². The number of aromatic carboxylic acids is 1. The second-order valence-corrected chi connectivity index (χ2v) is 5.72. The molecular weight excluding hydrogens is 348 g/mol. The first-order chi connectivity index (χ1) is 13.0. The molecule has 7 heteroatoms. The Hall–Kier alpha value is -3.74. The van der Waals surface area contributed by atoms with Gasteiger partial charge in [0.25, 0.3) is 5.91 Å². The van der Waals surface area contributed by atoms with Crippen molar-refractivity contribution >= 4 is 11.9 Å². The van der Waals surface area contributed by atoms with Gasteiger partial charge in [-0.25, -0.2) is 4.79 Å². The van der Waals surface area contributed by atoms with Crippen LogP contribution in [0.25, 0.3) is 5.69 Å². The van der Waals surface area contributed by atoms with Crippen LogP contribution in [0.5, 0.6) is 11.5 Å². The predicted molar refractivity (Wildman–Crippen MR) is 98.6 cm³/mol. The molecule has 3 aromatic rings. The van der Waals surface area contributed by atoms with E-state index in [-0.39, 0.29) is 23.7 Å². The zero-order chi connectivity index (χ0) is 19.4. The minimum atomic E-state index is -1.23. The molecule has 27 heavy (non-hydrogen) atoms. The SMILES string of the molecule is COc1ccc(-n2c(C(N)=O)cc(OCc3ccccc3)c2C(=O)O)cc1. The standard InChI is InChI=1S/C20H18N2O5/c1-26-15-9-7-14(8-10-15)22-16(19(21)23)11-17(18(22)20(24)25)27-12-13-5-3-2-4-6-13/h2-11H,12H2,1H3,(H2,21,23)(H,24,25). The number of carbonyl (C=O) groups is 2. The number of amides is 1. The van der Waals surface area contributed by atoms with Crippen LogP contribution in [-0.2, 0) is 6.61 Å². The van der Waals surface area contributed by atoms with E-state index in [1.165, 1.54) is 17.7 Å². The third-order valence-corrected chi connectivity index (χ3v) is 3.99. The number of hydrogen-bond acceptors (Lipinski definition) is 4. The summed E-state index contributed by atoms with van der Waals surface area (Å²) < 4.78 is 12.1. The zero-order valence-corrected chi connectivity index (χ0v) is 14.6. The molecule has 1 aromatic heterocycles. The molecule has 138 valence electrons. The Morgan fingerprint density at radius 3 is 2.30 bits per heavy atom. The quantitative estimate of drug-likeness (QED) is 0.669. The average Bonchev–Trinajstić information content (AvgIpc) is 3.07. The fourth-order valence-corrected chi connectivity index (χ4v) is 2.71. The fourth-order valence-electron chi connectivity index (χ4n) is 2.71. The smallest absolute Gasteiger partial charge is 0.356 e. The highest BCUT2D eigenvalue weighted by Gasteiger charge is 2.25. The Labute approximate surface area is 155 Å². The van der Waals surface area contributed by atoms with E-state index in [1.807, 2.05) is 30.3 Å². The highest BCUT2D eigenvalue weighted by Crippen LogP contribution is 2.29. The molecule has 0 spiro atoms. The summed E-state index contributed by atoms with van der Waals surface area (Å²) in [6.45, 7) is 0.159. The summed E-state index contributed by atoms with van der Waals surface area (Å²) in [6, 6.07) is 17.2. The van der Waals surface area contributed by atoms with Crippen LogP contribution in [0.1, 0.15) is 26.5 Å². The van der Waals surface area contributed by atoms with Crippen molar-refractivity contribution in [1.29, 1.82) is 0 Å². The number of ether oxygens (including phenoxy) is 2. The number of carboxylic acids is 1. The summed E-state index contributed by atoms with van der Waals surface area (Å²) in [4.78, 5) is 23.8. The van der Waals surface area contributed by atoms with Crippen LogP contribution in [0.3, 0.4) is 0 Å². The summed E-state index contributed by atoms with van der Waals surface area (Å²) in [6.07, 6.45) is 0. The largest absolute Gasteiger partial charge is 0.497 e. The van der Waals surface area contributed by atoms with Crippen molar-refractivity contribution in [2.75, 3.05) is 7.11 Å². The number of primary amides is 1. The molecule has 2 aromatic carbocycles. The number of nitrogens with two attached hydrogens (primary N) is 1. The number of methoxy groups -OCH3 is 1. The molecule has 1 heterocycles. The van der Waals surface area contributed by atoms with E-state index in [4.69, 9.17) is 15.2 Å². The summed E-state index contributed by atoms with van der Waals surface area (Å²) in [5.74, 6) is -1.33. The van der Waals surface area contributed by atoms with Gasteiger partial charge in [0.2, 0.25) is 0 Å². The fraction of sp³-hybridized carbons (Fsp3) is 0.100. The summed E-state index contributed by atoms with van der Waals surface area (Å²) in [5, 5.41) is 9.72. The van der Waals surface area contributed by atoms with Gasteiger partial charge in [-0.2, -0.15) is 0 Å². The highest BCUT2D eigenvalue weighted by molar-refractivity contribution is 5.98. The Kier molecular flexibility index (Phi) is 5.12. The number of aromatic nitrogens is 1. The van der Waals surface area contributed by atoms with E-state index in [0.717, 1.165) is 5.56 Å². The van der Waals surface area contributed by atoms with E-state index in [1.54, 1.807) is 24.3 Å². The maximum atomic E-state index is 11.9. The molecule has 0 radical (unpaired) electrons. The minimum absolute atomic E-state index is 0.0145. The Balaban J connectivity index is 2.06. The van der Waals surface area contributed by atoms with Crippen LogP contribution in [0.2, 0.25) is 0 Å². The van der Waals surface area contributed by atoms with Crippen molar-refractivity contribution in [2.45, 2.75) is 6.61 Å². The maximum Gasteiger partial charge on any atom is 0.356 e. The Morgan fingerprint density at radius 2 is 1.74 bits per heavy atom. The topological polar surface area (TPSA) is 104 Å². The van der Waals surface area contributed by atoms with Crippen LogP contribution in [0.4, 0.5) is 0 Å². The van der Waals surface area contributed by atoms with Crippen molar-refractivity contribution in [3.05, 3.63) is 77.6 Å². The molecule has 3 N–H and O–H groups in total. The van der Waals surface area contributed by atoms with E-state index in [9.17, 15) is 14.7 Å². The van der Waals surface area contributed by atoms with Crippen molar-refractivity contribution in [3.8, 4) is 17.2 Å². The molecule has 0 fully saturated rings. The van der Waals surface area contributed by atoms with Crippen molar-refractivity contribution in [1.82, 2.24) is 4.57 Å². The van der Waals surface area contributed by atoms with Gasteiger partial charge in [0.15, 0.2) is 11.4 Å². The first kappa shape index (κ1) is 18.1. The van der Waals surface area contributed by atoms with Crippen LogP contribution in [-0.4, -0.2) is 28.7 Å². The average molecular weight is 366 g/mol. The third-order valence-electron chi connectivity index (χ3n) is 3.99. The maximum absolute atomic E-state index is 11.9. The molecule has 1 amide bonds. The van der Waals surface area contributed by atoms with Crippen molar-refractivity contribution in [3.63, 3.8) is 0 Å². The third kappa shape index (κ3) is 3.77. The summed E-state index contributed by atoms with van der Waals surface area (Å²) in [7, 11) is 1.53. The predicted octanol–water partition coefficient (Wildman–Crippen LogP) is 2.86. The molecule has 0 bridgehead atoms. The number of hydrogen-bond donors (Lipinski definition) is 2. The van der Waals surface area contributed by atoms with E-state index in [0.29, 0.717) is 11.4 Å². The monoisotopic (exact) mass is 366 g/mol. The molecule has 0 aliphatic carbocycles. The van der Waals surface area contributed by atoms with Crippen LogP contribution in [0.15, 0.2) is 60.7 Å². The molecule has 0 unspecified atom stereocenters. The molecule has 0 atom stereocenters. The second kappa shape index (κ2) is 7.65. The van der Waals surface area contributed by atoms with Crippen LogP contribution in [0, 0.1) is 0 Å². The zero-order valence-electron chi connectivity index (χ0n) is 14.6. The van der Waals surface area contributed by atoms with Crippen LogP contribution >= 0.6 is 0 Å². The summed E-state index contributed by atoms with van der Waals surface area (Å²) in [5.41, 5.74) is 6.63. The molecule has 0 saturated heterocycles. The van der Waals surface area contributed by atoms with Gasteiger partial charge in [-0.05, 0) is 29.8 Å². The van der Waals surface area contributed by atoms with Crippen LogP contribution < -0.4 is 15.2 Å². The van der Waals surface area contributed by atoms with E-state index in [2.05, 4.69) is 0 Å². The Morgan fingerprint density at radius 1 is 1.07 bits per heavy atom. The van der Waals surface area contributed by atoms with Gasteiger partial charge >= 0.3 is 5.97 Å². The van der Waals surface area contributed by atoms with Crippen molar-refractivity contribution in [2.24, 2.45) is 5.73 Å². The van der Waals surface area contributed by atoms with Gasteiger partial charge in [-0.1, -0.05) is 30.3 Å². The first-order valence-electron chi connectivity index (χ1n) is 8.11. The van der Waals surface area contributed by atoms with Gasteiger partial charge in [-0.3, -0.25) is 9.36 Å². The van der Waals surface area contributed by atoms with Gasteiger partial charge in [0.05, 0.1) is 7.11 Å². The summed E-state index contributed by atoms with van der Waals surface area (Å²) >= 11 is 0. The van der Waals surface area contributed by atoms with Gasteiger partial charge < -0.3 is 20.3 Å². The lowest BCUT2D eigenvalue weighted by atomic mass is 10.2. The molecule has 3 rings (SSSR count). The first-order valence-corrected chi connectivity index (χ1v) is 8.11. The lowest BCUT2D eigenvalue weighted by Gasteiger charge is -2.11. The molecule has 0 aliphatic rings. The number of carbonyl (C=O) groups excluding carboxylic acids is 1.